The summed E-state index contributed by atoms with van der Waals surface area (Å²) in [7, 11) is 1.61. The summed E-state index contributed by atoms with van der Waals surface area (Å²) in [6, 6.07) is 7.68. The van der Waals surface area contributed by atoms with Crippen molar-refractivity contribution in [1.82, 2.24) is 9.80 Å². The minimum absolute atomic E-state index is 0.0295. The van der Waals surface area contributed by atoms with Crippen molar-refractivity contribution < 1.29 is 19.4 Å². The molecule has 2 saturated heterocycles. The number of hydrogen-bond acceptors (Lipinski definition) is 4. The molecule has 3 atom stereocenters. The Morgan fingerprint density at radius 1 is 1.20 bits per heavy atom. The molecular formula is C24H30N2O4. The fraction of sp³-hybridized carbons (Fsp3) is 0.583. The number of carbonyl (C=O) groups excluding carboxylic acids is 2. The second-order valence-electron chi connectivity index (χ2n) is 8.55. The summed E-state index contributed by atoms with van der Waals surface area (Å²) in [5.41, 5.74) is 1.98. The molecule has 6 heteroatoms. The fourth-order valence-corrected chi connectivity index (χ4v) is 5.27. The summed E-state index contributed by atoms with van der Waals surface area (Å²) in [6.07, 6.45) is 5.27. The second-order valence-corrected chi connectivity index (χ2v) is 8.55. The number of ether oxygens (including phenoxy) is 1. The van der Waals surface area contributed by atoms with E-state index >= 15 is 0 Å². The first-order chi connectivity index (χ1) is 14.6. The minimum atomic E-state index is -0.222. The van der Waals surface area contributed by atoms with E-state index in [2.05, 4.69) is 11.8 Å². The maximum Gasteiger partial charge on any atom is 0.242 e. The van der Waals surface area contributed by atoms with Crippen LogP contribution < -0.4 is 0 Å². The van der Waals surface area contributed by atoms with Crippen LogP contribution in [0.5, 0.6) is 0 Å². The third-order valence-electron chi connectivity index (χ3n) is 6.76. The van der Waals surface area contributed by atoms with Crippen LogP contribution in [0.1, 0.15) is 49.1 Å². The molecule has 0 aromatic heterocycles. The standard InChI is InChI=1S/C24H30N2O4/c1-30-13-5-6-17-9-11-18(12-10-17)23-20-14-25(15-22(28)26(20)21(23)16-27)24(29)19-7-3-2-4-8-19/h9-12,19-21,23,27H,2-4,7-8,13-16H2,1H3/t20-,21+,23+/m1/s1. The molecule has 1 N–H and O–H groups in total. The van der Waals surface area contributed by atoms with E-state index in [4.69, 9.17) is 4.74 Å². The molecule has 1 saturated carbocycles. The number of aliphatic hydroxyl groups is 1. The topological polar surface area (TPSA) is 70.1 Å². The molecule has 3 fully saturated rings. The molecule has 0 spiro atoms. The van der Waals surface area contributed by atoms with E-state index in [-0.39, 0.29) is 48.9 Å². The Bertz CT molecular complexity index is 835. The zero-order chi connectivity index (χ0) is 21.1. The smallest absolute Gasteiger partial charge is 0.242 e. The van der Waals surface area contributed by atoms with Crippen molar-refractivity contribution in [3.63, 3.8) is 0 Å². The molecule has 1 aliphatic carbocycles. The molecule has 2 aliphatic heterocycles. The highest BCUT2D eigenvalue weighted by Gasteiger charge is 2.54. The number of hydrogen-bond donors (Lipinski definition) is 1. The van der Waals surface area contributed by atoms with Crippen LogP contribution >= 0.6 is 0 Å². The molecule has 6 nitrogen and oxygen atoms in total. The van der Waals surface area contributed by atoms with Crippen molar-refractivity contribution >= 4 is 11.8 Å². The van der Waals surface area contributed by atoms with Gasteiger partial charge in [-0.1, -0.05) is 43.2 Å². The molecule has 0 radical (unpaired) electrons. The minimum Gasteiger partial charge on any atom is -0.394 e. The lowest BCUT2D eigenvalue weighted by Crippen LogP contribution is -2.73. The van der Waals surface area contributed by atoms with Crippen molar-refractivity contribution in [3.8, 4) is 11.8 Å². The predicted octanol–water partition coefficient (Wildman–Crippen LogP) is 1.76. The van der Waals surface area contributed by atoms with Gasteiger partial charge >= 0.3 is 0 Å². The van der Waals surface area contributed by atoms with E-state index in [1.807, 2.05) is 24.3 Å². The molecule has 0 bridgehead atoms. The summed E-state index contributed by atoms with van der Waals surface area (Å²) in [5.74, 6) is 6.17. The van der Waals surface area contributed by atoms with Gasteiger partial charge in [-0.15, -0.1) is 0 Å². The Hall–Kier alpha value is -2.36. The average Bonchev–Trinajstić information content (AvgIpc) is 2.76. The summed E-state index contributed by atoms with van der Waals surface area (Å²) < 4.78 is 4.95. The van der Waals surface area contributed by atoms with Gasteiger partial charge in [-0.2, -0.15) is 0 Å². The second kappa shape index (κ2) is 9.20. The molecule has 1 aromatic carbocycles. The van der Waals surface area contributed by atoms with E-state index in [1.54, 1.807) is 16.9 Å². The molecule has 0 unspecified atom stereocenters. The zero-order valence-electron chi connectivity index (χ0n) is 17.5. The molecule has 160 valence electrons. The van der Waals surface area contributed by atoms with Crippen LogP contribution in [0.4, 0.5) is 0 Å². The molecular weight excluding hydrogens is 380 g/mol. The first kappa shape index (κ1) is 20.9. The maximum absolute atomic E-state index is 13.0. The number of benzene rings is 1. The van der Waals surface area contributed by atoms with E-state index < -0.39 is 0 Å². The number of rotatable bonds is 4. The first-order valence-corrected chi connectivity index (χ1v) is 10.9. The van der Waals surface area contributed by atoms with Crippen LogP contribution in [0.2, 0.25) is 0 Å². The molecule has 30 heavy (non-hydrogen) atoms. The highest BCUT2D eigenvalue weighted by atomic mass is 16.5. The maximum atomic E-state index is 13.0. The van der Waals surface area contributed by atoms with Gasteiger partial charge in [0, 0.05) is 31.1 Å². The van der Waals surface area contributed by atoms with E-state index in [1.165, 1.54) is 6.42 Å². The zero-order valence-corrected chi connectivity index (χ0v) is 17.5. The number of nitrogens with zero attached hydrogens (tertiary/aromatic N) is 2. The third-order valence-corrected chi connectivity index (χ3v) is 6.76. The van der Waals surface area contributed by atoms with Crippen LogP contribution in [0, 0.1) is 17.8 Å². The van der Waals surface area contributed by atoms with Crippen molar-refractivity contribution in [3.05, 3.63) is 35.4 Å². The van der Waals surface area contributed by atoms with Gasteiger partial charge < -0.3 is 19.6 Å². The SMILES string of the molecule is COCC#Cc1ccc([C@H]2[C@H]3CN(C(=O)C4CCCCC4)CC(=O)N3[C@H]2CO)cc1. The summed E-state index contributed by atoms with van der Waals surface area (Å²) in [4.78, 5) is 29.4. The molecule has 2 amide bonds. The van der Waals surface area contributed by atoms with Gasteiger partial charge in [-0.05, 0) is 30.5 Å². The first-order valence-electron chi connectivity index (χ1n) is 10.9. The fourth-order valence-electron chi connectivity index (χ4n) is 5.27. The van der Waals surface area contributed by atoms with Crippen LogP contribution in [0.25, 0.3) is 0 Å². The monoisotopic (exact) mass is 410 g/mol. The van der Waals surface area contributed by atoms with Crippen molar-refractivity contribution in [2.75, 3.05) is 33.4 Å². The highest BCUT2D eigenvalue weighted by molar-refractivity contribution is 5.88. The van der Waals surface area contributed by atoms with Gasteiger partial charge in [0.15, 0.2) is 0 Å². The van der Waals surface area contributed by atoms with E-state index in [9.17, 15) is 14.7 Å². The predicted molar refractivity (Wildman–Crippen MR) is 113 cm³/mol. The number of fused-ring (bicyclic) bond motifs is 1. The Labute approximate surface area is 178 Å². The third kappa shape index (κ3) is 3.97. The largest absolute Gasteiger partial charge is 0.394 e. The van der Waals surface area contributed by atoms with Crippen molar-refractivity contribution in [2.45, 2.75) is 50.1 Å². The Kier molecular flexibility index (Phi) is 6.40. The Balaban J connectivity index is 1.49. The lowest BCUT2D eigenvalue weighted by Gasteiger charge is -2.59. The highest BCUT2D eigenvalue weighted by Crippen LogP contribution is 2.43. The number of carbonyl (C=O) groups is 2. The van der Waals surface area contributed by atoms with Crippen molar-refractivity contribution in [1.29, 1.82) is 0 Å². The normalized spacial score (nSPS) is 26.5. The van der Waals surface area contributed by atoms with Gasteiger partial charge in [-0.3, -0.25) is 9.59 Å². The molecule has 1 aromatic rings. The van der Waals surface area contributed by atoms with E-state index in [0.29, 0.717) is 13.2 Å². The van der Waals surface area contributed by atoms with Gasteiger partial charge in [0.25, 0.3) is 0 Å². The Morgan fingerprint density at radius 3 is 2.60 bits per heavy atom. The molecule has 2 heterocycles. The van der Waals surface area contributed by atoms with Gasteiger partial charge in [0.2, 0.25) is 11.8 Å². The van der Waals surface area contributed by atoms with Crippen LogP contribution in [0.15, 0.2) is 24.3 Å². The van der Waals surface area contributed by atoms with Gasteiger partial charge in [0.1, 0.15) is 6.61 Å². The van der Waals surface area contributed by atoms with Gasteiger partial charge in [-0.25, -0.2) is 0 Å². The number of methoxy groups -OCH3 is 1. The number of aliphatic hydroxyl groups excluding tert-OH is 1. The summed E-state index contributed by atoms with van der Waals surface area (Å²) in [6.45, 7) is 1.01. The van der Waals surface area contributed by atoms with Crippen LogP contribution in [0.3, 0.4) is 0 Å². The van der Waals surface area contributed by atoms with Crippen LogP contribution in [-0.2, 0) is 14.3 Å². The molecule has 4 rings (SSSR count). The lowest BCUT2D eigenvalue weighted by molar-refractivity contribution is -0.168. The Morgan fingerprint density at radius 2 is 1.93 bits per heavy atom. The van der Waals surface area contributed by atoms with Crippen LogP contribution in [-0.4, -0.2) is 72.2 Å². The summed E-state index contributed by atoms with van der Waals surface area (Å²) in [5, 5.41) is 9.94. The van der Waals surface area contributed by atoms with Crippen molar-refractivity contribution in [2.24, 2.45) is 5.92 Å². The number of amides is 2. The number of piperazine rings is 1. The van der Waals surface area contributed by atoms with E-state index in [0.717, 1.165) is 36.8 Å². The quantitative estimate of drug-likeness (QED) is 0.768. The lowest BCUT2D eigenvalue weighted by atomic mass is 9.73. The molecule has 3 aliphatic rings. The summed E-state index contributed by atoms with van der Waals surface area (Å²) >= 11 is 0. The van der Waals surface area contributed by atoms with Gasteiger partial charge in [0.05, 0.1) is 25.2 Å². The average molecular weight is 411 g/mol.